The summed E-state index contributed by atoms with van der Waals surface area (Å²) >= 11 is 5.61. The third kappa shape index (κ3) is 15.1. The van der Waals surface area contributed by atoms with Crippen molar-refractivity contribution in [3.63, 3.8) is 0 Å². The van der Waals surface area contributed by atoms with Crippen LogP contribution in [0.5, 0.6) is 5.75 Å². The van der Waals surface area contributed by atoms with Crippen molar-refractivity contribution < 1.29 is 33.8 Å². The Kier molecular flexibility index (Phi) is 16.0. The van der Waals surface area contributed by atoms with E-state index < -0.39 is 53.6 Å². The molecule has 242 valence electrons. The number of benzene rings is 1. The van der Waals surface area contributed by atoms with Crippen molar-refractivity contribution in [2.24, 2.45) is 11.7 Å². The second-order valence-electron chi connectivity index (χ2n) is 11.9. The molecule has 43 heavy (non-hydrogen) atoms. The number of alkyl halides is 1. The molecule has 0 aliphatic rings. The van der Waals surface area contributed by atoms with E-state index in [1.165, 1.54) is 19.1 Å². The van der Waals surface area contributed by atoms with Crippen molar-refractivity contribution in [2.75, 3.05) is 12.4 Å². The van der Waals surface area contributed by atoms with Crippen molar-refractivity contribution in [2.45, 2.75) is 103 Å². The standard InChI is InChI=1S/C30H48ClN5O7/c1-18(2)15-23(27(40)34-22(9-7-8-14-32)26(39)33-19(3)25(38)17-31)35-28(41)24(36-29(42)43-30(4,5)6)16-20-10-12-21(37)13-11-20/h10-13,18-19,22-24,37H,7-9,14-17,32H2,1-6H3,(H,33,39)(H,34,40)(H,35,41)(H,36,42)/t19-,22-,23-,24-/m0/s1. The van der Waals surface area contributed by atoms with Crippen LogP contribution in [-0.2, 0) is 30.3 Å². The molecule has 0 fully saturated rings. The fraction of sp³-hybridized carbons (Fsp3) is 0.633. The summed E-state index contributed by atoms with van der Waals surface area (Å²) in [6, 6.07) is 2.17. The smallest absolute Gasteiger partial charge is 0.408 e. The lowest BCUT2D eigenvalue weighted by Crippen LogP contribution is -2.58. The van der Waals surface area contributed by atoms with Crippen LogP contribution in [0.15, 0.2) is 24.3 Å². The maximum Gasteiger partial charge on any atom is 0.408 e. The Morgan fingerprint density at radius 1 is 0.860 bits per heavy atom. The number of carbonyl (C=O) groups is 5. The Labute approximate surface area is 259 Å². The second-order valence-corrected chi connectivity index (χ2v) is 12.2. The van der Waals surface area contributed by atoms with Gasteiger partial charge in [-0.05, 0) is 83.5 Å². The fourth-order valence-electron chi connectivity index (χ4n) is 4.05. The van der Waals surface area contributed by atoms with Crippen LogP contribution in [0.2, 0.25) is 0 Å². The number of rotatable bonds is 17. The third-order valence-corrected chi connectivity index (χ3v) is 6.54. The number of nitrogens with one attached hydrogen (secondary N) is 4. The van der Waals surface area contributed by atoms with Gasteiger partial charge in [0.25, 0.3) is 0 Å². The van der Waals surface area contributed by atoms with Crippen LogP contribution in [-0.4, -0.2) is 76.9 Å². The average molecular weight is 626 g/mol. The first-order chi connectivity index (χ1) is 20.1. The molecule has 7 N–H and O–H groups in total. The summed E-state index contributed by atoms with van der Waals surface area (Å²) in [5.41, 5.74) is 5.44. The molecule has 0 unspecified atom stereocenters. The van der Waals surface area contributed by atoms with Gasteiger partial charge in [-0.15, -0.1) is 11.6 Å². The summed E-state index contributed by atoms with van der Waals surface area (Å²) in [6.07, 6.45) is 0.919. The minimum Gasteiger partial charge on any atom is -0.508 e. The van der Waals surface area contributed by atoms with E-state index >= 15 is 0 Å². The third-order valence-electron chi connectivity index (χ3n) is 6.28. The van der Waals surface area contributed by atoms with E-state index in [-0.39, 0.29) is 42.6 Å². The Morgan fingerprint density at radius 2 is 1.42 bits per heavy atom. The number of amides is 4. The summed E-state index contributed by atoms with van der Waals surface area (Å²) < 4.78 is 5.34. The largest absolute Gasteiger partial charge is 0.508 e. The predicted molar refractivity (Wildman–Crippen MR) is 165 cm³/mol. The first-order valence-electron chi connectivity index (χ1n) is 14.5. The zero-order valence-corrected chi connectivity index (χ0v) is 26.8. The second kappa shape index (κ2) is 18.3. The predicted octanol–water partition coefficient (Wildman–Crippen LogP) is 2.29. The Morgan fingerprint density at radius 3 is 1.95 bits per heavy atom. The number of hydrogen-bond donors (Lipinski definition) is 6. The molecule has 0 bridgehead atoms. The van der Waals surface area contributed by atoms with E-state index in [2.05, 4.69) is 21.3 Å². The lowest BCUT2D eigenvalue weighted by molar-refractivity contribution is -0.133. The monoisotopic (exact) mass is 625 g/mol. The lowest BCUT2D eigenvalue weighted by atomic mass is 10.00. The number of alkyl carbamates (subject to hydrolysis) is 1. The van der Waals surface area contributed by atoms with Gasteiger partial charge in [0.05, 0.1) is 11.9 Å². The van der Waals surface area contributed by atoms with Gasteiger partial charge in [-0.25, -0.2) is 4.79 Å². The summed E-state index contributed by atoms with van der Waals surface area (Å²) in [6.45, 7) is 10.7. The molecule has 0 aromatic heterocycles. The lowest BCUT2D eigenvalue weighted by Gasteiger charge is -2.27. The van der Waals surface area contributed by atoms with Crippen LogP contribution in [0.25, 0.3) is 0 Å². The first kappa shape index (κ1) is 37.6. The van der Waals surface area contributed by atoms with Gasteiger partial charge < -0.3 is 36.8 Å². The number of aromatic hydroxyl groups is 1. The highest BCUT2D eigenvalue weighted by Gasteiger charge is 2.31. The Balaban J connectivity index is 3.19. The van der Waals surface area contributed by atoms with E-state index in [4.69, 9.17) is 22.1 Å². The molecule has 0 heterocycles. The van der Waals surface area contributed by atoms with Crippen LogP contribution in [0, 0.1) is 5.92 Å². The van der Waals surface area contributed by atoms with Gasteiger partial charge >= 0.3 is 6.09 Å². The Hall–Kier alpha value is -3.38. The van der Waals surface area contributed by atoms with Crippen molar-refractivity contribution in [1.29, 1.82) is 0 Å². The number of nitrogens with two attached hydrogens (primary N) is 1. The number of phenols is 1. The maximum absolute atomic E-state index is 13.5. The van der Waals surface area contributed by atoms with E-state index in [1.807, 2.05) is 13.8 Å². The van der Waals surface area contributed by atoms with E-state index in [9.17, 15) is 29.1 Å². The highest BCUT2D eigenvalue weighted by molar-refractivity contribution is 6.28. The molecule has 0 saturated heterocycles. The summed E-state index contributed by atoms with van der Waals surface area (Å²) in [5.74, 6) is -2.39. The number of Topliss-reactive ketones (excluding diaryl/α,β-unsaturated/α-hetero) is 1. The van der Waals surface area contributed by atoms with Crippen molar-refractivity contribution in [1.82, 2.24) is 21.3 Å². The molecule has 0 saturated carbocycles. The topological polar surface area (TPSA) is 189 Å². The average Bonchev–Trinajstić information content (AvgIpc) is 2.90. The molecule has 13 heteroatoms. The van der Waals surface area contributed by atoms with Gasteiger partial charge in [-0.2, -0.15) is 0 Å². The maximum atomic E-state index is 13.5. The molecule has 0 aliphatic carbocycles. The van der Waals surface area contributed by atoms with Crippen molar-refractivity contribution >= 4 is 41.2 Å². The van der Waals surface area contributed by atoms with E-state index in [0.29, 0.717) is 24.9 Å². The van der Waals surface area contributed by atoms with Crippen LogP contribution < -0.4 is 27.0 Å². The zero-order chi connectivity index (χ0) is 32.7. The zero-order valence-electron chi connectivity index (χ0n) is 26.0. The van der Waals surface area contributed by atoms with Gasteiger partial charge in [0, 0.05) is 6.42 Å². The number of carbonyl (C=O) groups excluding carboxylic acids is 5. The number of phenolic OH excluding ortho intramolecular Hbond substituents is 1. The van der Waals surface area contributed by atoms with Gasteiger partial charge in [0.2, 0.25) is 17.7 Å². The van der Waals surface area contributed by atoms with Crippen LogP contribution >= 0.6 is 11.6 Å². The van der Waals surface area contributed by atoms with E-state index in [1.54, 1.807) is 32.9 Å². The van der Waals surface area contributed by atoms with Gasteiger partial charge in [0.1, 0.15) is 29.5 Å². The number of hydrogen-bond acceptors (Lipinski definition) is 8. The highest BCUT2D eigenvalue weighted by atomic mass is 35.5. The first-order valence-corrected chi connectivity index (χ1v) is 15.1. The van der Waals surface area contributed by atoms with Crippen molar-refractivity contribution in [3.8, 4) is 5.75 Å². The van der Waals surface area contributed by atoms with Crippen LogP contribution in [0.4, 0.5) is 4.79 Å². The Bertz CT molecular complexity index is 1080. The summed E-state index contributed by atoms with van der Waals surface area (Å²) in [4.78, 5) is 64.6. The molecule has 0 spiro atoms. The number of unbranched alkanes of at least 4 members (excludes halogenated alkanes) is 1. The molecular formula is C30H48ClN5O7. The minimum atomic E-state index is -1.12. The molecule has 0 aliphatic heterocycles. The highest BCUT2D eigenvalue weighted by Crippen LogP contribution is 2.14. The normalized spacial score (nSPS) is 14.2. The van der Waals surface area contributed by atoms with Gasteiger partial charge in [-0.3, -0.25) is 19.2 Å². The molecule has 4 amide bonds. The minimum absolute atomic E-state index is 0.0173. The number of ether oxygens (including phenoxy) is 1. The van der Waals surface area contributed by atoms with Gasteiger partial charge in [0.15, 0.2) is 5.78 Å². The number of halogens is 1. The molecule has 12 nitrogen and oxygen atoms in total. The summed E-state index contributed by atoms with van der Waals surface area (Å²) in [5, 5.41) is 20.3. The molecular weight excluding hydrogens is 578 g/mol. The molecule has 0 radical (unpaired) electrons. The van der Waals surface area contributed by atoms with Crippen LogP contribution in [0.1, 0.15) is 72.8 Å². The molecule has 1 aromatic carbocycles. The molecule has 1 rings (SSSR count). The molecule has 1 aromatic rings. The SMILES string of the molecule is CC(C)C[C@H](NC(=O)[C@H](Cc1ccc(O)cc1)NC(=O)OC(C)(C)C)C(=O)N[C@@H](CCCCN)C(=O)N[C@@H](C)C(=O)CCl. The van der Waals surface area contributed by atoms with Crippen molar-refractivity contribution in [3.05, 3.63) is 29.8 Å². The quantitative estimate of drug-likeness (QED) is 0.112. The van der Waals surface area contributed by atoms with Gasteiger partial charge in [-0.1, -0.05) is 26.0 Å². The molecule has 4 atom stereocenters. The van der Waals surface area contributed by atoms with Crippen LogP contribution in [0.3, 0.4) is 0 Å². The fourth-order valence-corrected chi connectivity index (χ4v) is 4.28. The van der Waals surface area contributed by atoms with E-state index in [0.717, 1.165) is 0 Å². The summed E-state index contributed by atoms with van der Waals surface area (Å²) in [7, 11) is 0. The number of ketones is 1.